The van der Waals surface area contributed by atoms with Crippen molar-refractivity contribution in [2.75, 3.05) is 13.1 Å². The maximum absolute atomic E-state index is 11.9. The fourth-order valence-corrected chi connectivity index (χ4v) is 1.72. The first-order valence-electron chi connectivity index (χ1n) is 5.55. The Balaban J connectivity index is 2.37. The minimum absolute atomic E-state index is 0.0368. The third-order valence-corrected chi connectivity index (χ3v) is 2.61. The minimum atomic E-state index is -1.02. The number of nitrogens with zero attached hydrogens (tertiary/aromatic N) is 1. The first-order valence-corrected chi connectivity index (χ1v) is 5.55. The summed E-state index contributed by atoms with van der Waals surface area (Å²) in [6.07, 6.45) is 5.59. The summed E-state index contributed by atoms with van der Waals surface area (Å²) >= 11 is 0. The number of nitrogens with one attached hydrogen (secondary N) is 1. The molecule has 5 heteroatoms. The van der Waals surface area contributed by atoms with Gasteiger partial charge in [-0.25, -0.2) is 4.79 Å². The zero-order valence-corrected chi connectivity index (χ0v) is 9.48. The van der Waals surface area contributed by atoms with E-state index in [9.17, 15) is 9.59 Å². The molecule has 0 aliphatic carbocycles. The van der Waals surface area contributed by atoms with Crippen molar-refractivity contribution in [1.29, 1.82) is 0 Å². The minimum Gasteiger partial charge on any atom is -0.478 e. The van der Waals surface area contributed by atoms with E-state index in [-0.39, 0.29) is 11.9 Å². The van der Waals surface area contributed by atoms with E-state index in [4.69, 9.17) is 5.11 Å². The molecule has 0 spiro atoms. The van der Waals surface area contributed by atoms with Gasteiger partial charge in [-0.15, -0.1) is 0 Å². The van der Waals surface area contributed by atoms with E-state index in [2.05, 4.69) is 5.32 Å². The van der Waals surface area contributed by atoms with Crippen molar-refractivity contribution in [2.45, 2.75) is 32.2 Å². The molecular weight excluding hydrogens is 208 g/mol. The fraction of sp³-hybridized carbons (Fsp3) is 0.636. The van der Waals surface area contributed by atoms with Crippen LogP contribution in [-0.2, 0) is 9.59 Å². The molecule has 1 atom stereocenters. The quantitative estimate of drug-likeness (QED) is 0.688. The lowest BCUT2D eigenvalue weighted by Crippen LogP contribution is -2.45. The van der Waals surface area contributed by atoms with Crippen LogP contribution >= 0.6 is 0 Å². The molecule has 1 saturated heterocycles. The zero-order valence-electron chi connectivity index (χ0n) is 9.48. The van der Waals surface area contributed by atoms with E-state index in [0.717, 1.165) is 32.0 Å². The number of carboxylic acid groups (broad SMARTS) is 1. The van der Waals surface area contributed by atoms with Gasteiger partial charge in [-0.2, -0.15) is 0 Å². The molecule has 0 radical (unpaired) electrons. The van der Waals surface area contributed by atoms with Crippen molar-refractivity contribution >= 4 is 11.9 Å². The second-order valence-electron chi connectivity index (χ2n) is 3.95. The Labute approximate surface area is 95.1 Å². The highest BCUT2D eigenvalue weighted by atomic mass is 16.4. The summed E-state index contributed by atoms with van der Waals surface area (Å²) in [7, 11) is 0. The molecule has 1 heterocycles. The standard InChI is InChI=1S/C11H18N2O3/c1-9(12-6-5-10(14)15)11(16)13-7-3-2-4-8-13/h5-6,9,12H,2-4,7-8H2,1H3,(H,14,15)/b6-5+. The van der Waals surface area contributed by atoms with Crippen LogP contribution in [-0.4, -0.2) is 41.0 Å². The van der Waals surface area contributed by atoms with E-state index in [1.54, 1.807) is 6.92 Å². The molecule has 1 fully saturated rings. The number of rotatable bonds is 4. The summed E-state index contributed by atoms with van der Waals surface area (Å²) in [5, 5.41) is 11.1. The topological polar surface area (TPSA) is 69.6 Å². The van der Waals surface area contributed by atoms with Gasteiger partial charge < -0.3 is 15.3 Å². The molecule has 1 aliphatic rings. The second kappa shape index (κ2) is 6.15. The van der Waals surface area contributed by atoms with Gasteiger partial charge in [0.1, 0.15) is 6.04 Å². The largest absolute Gasteiger partial charge is 0.478 e. The Kier molecular flexibility index (Phi) is 4.82. The first kappa shape index (κ1) is 12.5. The smallest absolute Gasteiger partial charge is 0.329 e. The van der Waals surface area contributed by atoms with Gasteiger partial charge in [0.15, 0.2) is 0 Å². The van der Waals surface area contributed by atoms with Crippen LogP contribution in [0.4, 0.5) is 0 Å². The number of carbonyl (C=O) groups is 2. The van der Waals surface area contributed by atoms with Gasteiger partial charge in [0, 0.05) is 25.4 Å². The van der Waals surface area contributed by atoms with Crippen LogP contribution < -0.4 is 5.32 Å². The van der Waals surface area contributed by atoms with Gasteiger partial charge >= 0.3 is 5.97 Å². The maximum atomic E-state index is 11.9. The molecule has 0 aromatic heterocycles. The molecular formula is C11H18N2O3. The first-order chi connectivity index (χ1) is 7.61. The molecule has 0 aromatic rings. The van der Waals surface area contributed by atoms with Crippen LogP contribution in [0.5, 0.6) is 0 Å². The average Bonchev–Trinajstić information content (AvgIpc) is 2.28. The molecule has 5 nitrogen and oxygen atoms in total. The number of carbonyl (C=O) groups excluding carboxylic acids is 1. The maximum Gasteiger partial charge on any atom is 0.329 e. The summed E-state index contributed by atoms with van der Waals surface area (Å²) in [6, 6.07) is -0.367. The van der Waals surface area contributed by atoms with Crippen molar-refractivity contribution in [3.05, 3.63) is 12.3 Å². The van der Waals surface area contributed by atoms with Crippen molar-refractivity contribution < 1.29 is 14.7 Å². The number of hydrogen-bond acceptors (Lipinski definition) is 3. The summed E-state index contributed by atoms with van der Waals surface area (Å²) in [5.41, 5.74) is 0. The Bertz CT molecular complexity index is 283. The van der Waals surface area contributed by atoms with Crippen LogP contribution in [0, 0.1) is 0 Å². The van der Waals surface area contributed by atoms with Crippen LogP contribution in [0.1, 0.15) is 26.2 Å². The number of amides is 1. The van der Waals surface area contributed by atoms with Gasteiger partial charge in [-0.3, -0.25) is 4.79 Å². The molecule has 1 rings (SSSR count). The highest BCUT2D eigenvalue weighted by molar-refractivity contribution is 5.82. The van der Waals surface area contributed by atoms with Crippen molar-refractivity contribution in [1.82, 2.24) is 10.2 Å². The lowest BCUT2D eigenvalue weighted by Gasteiger charge is -2.29. The van der Waals surface area contributed by atoms with Crippen molar-refractivity contribution in [2.24, 2.45) is 0 Å². The Morgan fingerprint density at radius 2 is 1.94 bits per heavy atom. The number of aliphatic carboxylic acids is 1. The molecule has 0 bridgehead atoms. The monoisotopic (exact) mass is 226 g/mol. The molecule has 1 aliphatic heterocycles. The van der Waals surface area contributed by atoms with Crippen LogP contribution in [0.25, 0.3) is 0 Å². The van der Waals surface area contributed by atoms with E-state index in [1.165, 1.54) is 12.6 Å². The van der Waals surface area contributed by atoms with E-state index < -0.39 is 5.97 Å². The fourth-order valence-electron chi connectivity index (χ4n) is 1.72. The molecule has 1 amide bonds. The number of carboxylic acids is 1. The summed E-state index contributed by atoms with van der Waals surface area (Å²) in [5.74, 6) is -0.986. The molecule has 90 valence electrons. The van der Waals surface area contributed by atoms with Crippen LogP contribution in [0.2, 0.25) is 0 Å². The lowest BCUT2D eigenvalue weighted by molar-refractivity contribution is -0.134. The highest BCUT2D eigenvalue weighted by Gasteiger charge is 2.20. The van der Waals surface area contributed by atoms with E-state index in [0.29, 0.717) is 0 Å². The Hall–Kier alpha value is -1.52. The van der Waals surface area contributed by atoms with Gasteiger partial charge in [-0.05, 0) is 26.2 Å². The van der Waals surface area contributed by atoms with Crippen molar-refractivity contribution in [3.63, 3.8) is 0 Å². The normalized spacial score (nSPS) is 18.4. The predicted molar refractivity (Wildman–Crippen MR) is 59.8 cm³/mol. The summed E-state index contributed by atoms with van der Waals surface area (Å²) in [6.45, 7) is 3.37. The SMILES string of the molecule is CC(N/C=C/C(=O)O)C(=O)N1CCCCC1. The molecule has 2 N–H and O–H groups in total. The summed E-state index contributed by atoms with van der Waals surface area (Å²) < 4.78 is 0. The Morgan fingerprint density at radius 3 is 2.50 bits per heavy atom. The van der Waals surface area contributed by atoms with E-state index >= 15 is 0 Å². The van der Waals surface area contributed by atoms with Gasteiger partial charge in [0.25, 0.3) is 0 Å². The lowest BCUT2D eigenvalue weighted by atomic mass is 10.1. The Morgan fingerprint density at radius 1 is 1.31 bits per heavy atom. The van der Waals surface area contributed by atoms with Crippen LogP contribution in [0.15, 0.2) is 12.3 Å². The van der Waals surface area contributed by atoms with E-state index in [1.807, 2.05) is 4.90 Å². The number of hydrogen-bond donors (Lipinski definition) is 2. The number of likely N-dealkylation sites (tertiary alicyclic amines) is 1. The molecule has 0 saturated carbocycles. The average molecular weight is 226 g/mol. The summed E-state index contributed by atoms with van der Waals surface area (Å²) in [4.78, 5) is 23.9. The molecule has 16 heavy (non-hydrogen) atoms. The van der Waals surface area contributed by atoms with Gasteiger partial charge in [0.2, 0.25) is 5.91 Å². The zero-order chi connectivity index (χ0) is 12.0. The predicted octanol–water partition coefficient (Wildman–Crippen LogP) is 0.575. The number of piperidine rings is 1. The van der Waals surface area contributed by atoms with Crippen LogP contribution in [0.3, 0.4) is 0 Å². The van der Waals surface area contributed by atoms with Crippen molar-refractivity contribution in [3.8, 4) is 0 Å². The highest BCUT2D eigenvalue weighted by Crippen LogP contribution is 2.09. The van der Waals surface area contributed by atoms with Gasteiger partial charge in [0.05, 0.1) is 0 Å². The molecule has 0 aromatic carbocycles. The molecule has 1 unspecified atom stereocenters. The third kappa shape index (κ3) is 3.92. The third-order valence-electron chi connectivity index (χ3n) is 2.61. The van der Waals surface area contributed by atoms with Gasteiger partial charge in [-0.1, -0.05) is 0 Å². The second-order valence-corrected chi connectivity index (χ2v) is 3.95.